The van der Waals surface area contributed by atoms with Crippen LogP contribution in [0.15, 0.2) is 186 Å². The first-order chi connectivity index (χ1) is 37.8. The highest BCUT2D eigenvalue weighted by Gasteiger charge is 2.20. The van der Waals surface area contributed by atoms with Gasteiger partial charge in [-0.15, -0.1) is 0 Å². The molecular formula is C50H30O. The van der Waals surface area contributed by atoms with Crippen LogP contribution in [0.25, 0.3) is 109 Å². The maximum atomic E-state index is 9.66. The van der Waals surface area contributed by atoms with Crippen LogP contribution in [0.4, 0.5) is 0 Å². The zero-order valence-electron chi connectivity index (χ0n) is 55.4. The van der Waals surface area contributed by atoms with Crippen molar-refractivity contribution in [3.8, 4) is 33.4 Å². The first kappa shape index (κ1) is 11.7. The zero-order chi connectivity index (χ0) is 59.6. The van der Waals surface area contributed by atoms with Gasteiger partial charge in [-0.1, -0.05) is 157 Å². The largest absolute Gasteiger partial charge is 0.456 e. The third-order valence-corrected chi connectivity index (χ3v) is 8.51. The Labute approximate surface area is 336 Å². The molecule has 11 rings (SSSR count). The Morgan fingerprint density at radius 2 is 0.863 bits per heavy atom. The summed E-state index contributed by atoms with van der Waals surface area (Å²) in [6.45, 7) is 0. The lowest BCUT2D eigenvalue weighted by molar-refractivity contribution is 0.669. The minimum atomic E-state index is -1.14. The molecule has 236 valence electrons. The predicted molar refractivity (Wildman–Crippen MR) is 218 cm³/mol. The lowest BCUT2D eigenvalue weighted by atomic mass is 9.84. The highest BCUT2D eigenvalue weighted by molar-refractivity contribution is 6.26. The highest BCUT2D eigenvalue weighted by atomic mass is 16.3. The van der Waals surface area contributed by atoms with Gasteiger partial charge in [0, 0.05) is 10.8 Å². The number of hydrogen-bond donors (Lipinski definition) is 0. The Balaban J connectivity index is 1.36. The normalized spacial score (nSPS) is 20.2. The van der Waals surface area contributed by atoms with Crippen LogP contribution in [-0.2, 0) is 0 Å². The van der Waals surface area contributed by atoms with Gasteiger partial charge in [0.2, 0.25) is 0 Å². The van der Waals surface area contributed by atoms with Crippen LogP contribution in [0.5, 0.6) is 0 Å². The van der Waals surface area contributed by atoms with Gasteiger partial charge in [-0.2, -0.15) is 0 Å². The van der Waals surface area contributed by atoms with E-state index in [1.807, 2.05) is 0 Å². The molecule has 0 fully saturated rings. The lowest BCUT2D eigenvalue weighted by Crippen LogP contribution is -1.91. The molecule has 0 unspecified atom stereocenters. The average Bonchev–Trinajstić information content (AvgIpc) is 3.97. The summed E-state index contributed by atoms with van der Waals surface area (Å²) in [5, 5.41) is -7.33. The molecule has 0 saturated carbocycles. The van der Waals surface area contributed by atoms with E-state index in [9.17, 15) is 19.2 Å². The van der Waals surface area contributed by atoms with Crippen LogP contribution in [-0.4, -0.2) is 0 Å². The first-order valence-electron chi connectivity index (χ1n) is 30.2. The number of furan rings is 1. The van der Waals surface area contributed by atoms with Gasteiger partial charge in [0.05, 0.1) is 41.1 Å². The SMILES string of the molecule is [2H]c1c([2H])c(-c2c3c([2H])c([2H])c([2H])c([2H])c3c(-c3c([2H])c([2H])c([2H])c4oc5c([2H])c6c([2H])c([2H])c([2H])c([2H])c6c([2H])c5c34)c3c([2H])c([2H])c([2H])c([2H])c23)c([2H])c([2H])c1-c1c([2H])c([2H])c2c(c1[2H])c([2H])c([2H])c1c([2H])c([2H])c([2H])c([2H])c12. The average molecular weight is 677 g/mol. The summed E-state index contributed by atoms with van der Waals surface area (Å²) in [6.07, 6.45) is 0. The van der Waals surface area contributed by atoms with Crippen molar-refractivity contribution in [3.05, 3.63) is 181 Å². The monoisotopic (exact) mass is 676 g/mol. The molecular weight excluding hydrogens is 617 g/mol. The standard InChI is InChI=1S/C50H30O/c1-2-12-35-30-47-45(29-34(35)11-1)50-44(18-9-19-46(50)51-47)49-42-16-7-5-14-40(42)48(41-15-6-8-17-43(41)49)33-23-20-31(21-24-33)36-26-27-39-37(28-36)25-22-32-10-3-4-13-38(32)39/h1-30H/i1D,2D,3D,4D,5D,6D,7D,8D,9D,10D,11D,12D,13D,14D,15D,16D,17D,18D,19D,20D,21D,22D,23D,24D,25D,26D,27D,28D,29D,30D. The van der Waals surface area contributed by atoms with E-state index < -0.39 is 290 Å². The van der Waals surface area contributed by atoms with Crippen LogP contribution in [0.3, 0.4) is 0 Å². The Morgan fingerprint density at radius 3 is 1.59 bits per heavy atom. The van der Waals surface area contributed by atoms with Crippen molar-refractivity contribution in [2.45, 2.75) is 0 Å². The van der Waals surface area contributed by atoms with Crippen LogP contribution in [0.1, 0.15) is 41.1 Å². The Bertz CT molecular complexity index is 4820. The zero-order valence-corrected chi connectivity index (χ0v) is 25.4. The van der Waals surface area contributed by atoms with Crippen molar-refractivity contribution in [2.75, 3.05) is 0 Å². The summed E-state index contributed by atoms with van der Waals surface area (Å²) in [5.74, 6) is 0. The molecule has 0 spiro atoms. The molecule has 11 aromatic rings. The van der Waals surface area contributed by atoms with E-state index in [0.717, 1.165) is 0 Å². The van der Waals surface area contributed by atoms with Crippen LogP contribution in [0, 0.1) is 0 Å². The Kier molecular flexibility index (Phi) is 2.50. The minimum absolute atomic E-state index is 0.485. The van der Waals surface area contributed by atoms with Crippen molar-refractivity contribution < 1.29 is 45.5 Å². The van der Waals surface area contributed by atoms with Gasteiger partial charge in [-0.25, -0.2) is 0 Å². The maximum absolute atomic E-state index is 9.66. The topological polar surface area (TPSA) is 13.1 Å². The molecule has 0 atom stereocenters. The molecule has 10 aromatic carbocycles. The van der Waals surface area contributed by atoms with E-state index in [2.05, 4.69) is 0 Å². The molecule has 1 heterocycles. The lowest BCUT2D eigenvalue weighted by Gasteiger charge is -2.18. The highest BCUT2D eigenvalue weighted by Crippen LogP contribution is 2.47. The van der Waals surface area contributed by atoms with E-state index in [1.165, 1.54) is 0 Å². The fourth-order valence-electron chi connectivity index (χ4n) is 6.32. The summed E-state index contributed by atoms with van der Waals surface area (Å²) in [6, 6.07) is -27.8. The molecule has 1 nitrogen and oxygen atoms in total. The summed E-state index contributed by atoms with van der Waals surface area (Å²) in [7, 11) is 0. The van der Waals surface area contributed by atoms with E-state index in [4.69, 9.17) is 26.3 Å². The van der Waals surface area contributed by atoms with Crippen molar-refractivity contribution in [2.24, 2.45) is 0 Å². The van der Waals surface area contributed by atoms with Gasteiger partial charge in [0.1, 0.15) is 11.2 Å². The number of fused-ring (bicyclic) bond motifs is 9. The molecule has 0 aliphatic carbocycles. The second-order valence-corrected chi connectivity index (χ2v) is 11.3. The van der Waals surface area contributed by atoms with Gasteiger partial charge in [-0.3, -0.25) is 0 Å². The predicted octanol–water partition coefficient (Wildman–Crippen LogP) is 14.4. The number of benzene rings is 10. The van der Waals surface area contributed by atoms with E-state index in [0.29, 0.717) is 0 Å². The van der Waals surface area contributed by atoms with E-state index in [1.54, 1.807) is 0 Å². The summed E-state index contributed by atoms with van der Waals surface area (Å²) < 4.78 is 278. The summed E-state index contributed by atoms with van der Waals surface area (Å²) in [4.78, 5) is 0. The summed E-state index contributed by atoms with van der Waals surface area (Å²) >= 11 is 0. The van der Waals surface area contributed by atoms with Gasteiger partial charge >= 0.3 is 0 Å². The maximum Gasteiger partial charge on any atom is 0.136 e. The van der Waals surface area contributed by atoms with Crippen molar-refractivity contribution in [3.63, 3.8) is 0 Å². The molecule has 0 aliphatic heterocycles. The van der Waals surface area contributed by atoms with Gasteiger partial charge < -0.3 is 4.42 Å². The molecule has 0 N–H and O–H groups in total. The van der Waals surface area contributed by atoms with Crippen LogP contribution >= 0.6 is 0 Å². The molecule has 51 heavy (non-hydrogen) atoms. The molecule has 0 aliphatic rings. The van der Waals surface area contributed by atoms with E-state index >= 15 is 0 Å². The van der Waals surface area contributed by atoms with Crippen molar-refractivity contribution >= 4 is 75.8 Å². The summed E-state index contributed by atoms with van der Waals surface area (Å²) in [5.41, 5.74) is -6.10. The quantitative estimate of drug-likeness (QED) is 0.134. The van der Waals surface area contributed by atoms with Crippen LogP contribution < -0.4 is 0 Å². The Hall–Kier alpha value is -6.70. The minimum Gasteiger partial charge on any atom is -0.456 e. The second-order valence-electron chi connectivity index (χ2n) is 11.3. The first-order valence-corrected chi connectivity index (χ1v) is 15.2. The molecule has 0 bridgehead atoms. The number of hydrogen-bond acceptors (Lipinski definition) is 1. The van der Waals surface area contributed by atoms with Crippen molar-refractivity contribution in [1.29, 1.82) is 0 Å². The molecule has 0 radical (unpaired) electrons. The second kappa shape index (κ2) is 10.9. The van der Waals surface area contributed by atoms with E-state index in [-0.39, 0.29) is 0 Å². The molecule has 0 saturated heterocycles. The Morgan fingerprint density at radius 1 is 0.314 bits per heavy atom. The van der Waals surface area contributed by atoms with Crippen LogP contribution in [0.2, 0.25) is 0 Å². The fourth-order valence-corrected chi connectivity index (χ4v) is 6.32. The number of rotatable bonds is 3. The fraction of sp³-hybridized carbons (Fsp3) is 0. The van der Waals surface area contributed by atoms with Crippen molar-refractivity contribution in [1.82, 2.24) is 0 Å². The third-order valence-electron chi connectivity index (χ3n) is 8.51. The van der Waals surface area contributed by atoms with Gasteiger partial charge in [-0.05, 0) is 111 Å². The molecule has 1 heteroatoms. The smallest absolute Gasteiger partial charge is 0.136 e. The third kappa shape index (κ3) is 4.28. The molecule has 0 amide bonds. The molecule has 1 aromatic heterocycles. The van der Waals surface area contributed by atoms with Gasteiger partial charge in [0.25, 0.3) is 0 Å². The van der Waals surface area contributed by atoms with Gasteiger partial charge in [0.15, 0.2) is 0 Å².